The van der Waals surface area contributed by atoms with E-state index in [9.17, 15) is 13.2 Å². The van der Waals surface area contributed by atoms with Gasteiger partial charge in [0, 0.05) is 23.5 Å². The smallest absolute Gasteiger partial charge is 0.227 e. The van der Waals surface area contributed by atoms with Crippen LogP contribution in [0.2, 0.25) is 0 Å². The van der Waals surface area contributed by atoms with Crippen molar-refractivity contribution in [3.8, 4) is 0 Å². The van der Waals surface area contributed by atoms with Gasteiger partial charge in [0.15, 0.2) is 9.84 Å². The van der Waals surface area contributed by atoms with E-state index in [0.717, 1.165) is 29.4 Å². The lowest BCUT2D eigenvalue weighted by atomic mass is 10.0. The number of rotatable bonds is 4. The molecule has 6 heteroatoms. The molecule has 1 aromatic heterocycles. The Labute approximate surface area is 147 Å². The Morgan fingerprint density at radius 3 is 2.72 bits per heavy atom. The van der Waals surface area contributed by atoms with Gasteiger partial charge in [0.2, 0.25) is 5.91 Å². The molecule has 1 amide bonds. The molecule has 134 valence electrons. The SMILES string of the molecule is CCN(C(=O)Cc1coc2cc3c(cc12)CCC3)[C@@H]1CCS(=O)(=O)C1. The molecule has 4 rings (SSSR count). The van der Waals surface area contributed by atoms with Gasteiger partial charge in [-0.15, -0.1) is 0 Å². The summed E-state index contributed by atoms with van der Waals surface area (Å²) < 4.78 is 29.1. The molecule has 0 unspecified atom stereocenters. The number of fused-ring (bicyclic) bond motifs is 2. The maximum Gasteiger partial charge on any atom is 0.227 e. The van der Waals surface area contributed by atoms with E-state index in [2.05, 4.69) is 12.1 Å². The molecule has 0 N–H and O–H groups in total. The van der Waals surface area contributed by atoms with Crippen molar-refractivity contribution in [3.05, 3.63) is 35.1 Å². The minimum atomic E-state index is -3.00. The third-order valence-electron chi connectivity index (χ3n) is 5.52. The summed E-state index contributed by atoms with van der Waals surface area (Å²) in [5, 5.41) is 1.02. The lowest BCUT2D eigenvalue weighted by molar-refractivity contribution is -0.132. The van der Waals surface area contributed by atoms with Gasteiger partial charge in [0.25, 0.3) is 0 Å². The predicted molar refractivity (Wildman–Crippen MR) is 96.4 cm³/mol. The van der Waals surface area contributed by atoms with Crippen LogP contribution in [0.25, 0.3) is 11.0 Å². The van der Waals surface area contributed by atoms with Gasteiger partial charge >= 0.3 is 0 Å². The minimum absolute atomic E-state index is 0.0206. The molecule has 2 aromatic rings. The van der Waals surface area contributed by atoms with Crippen LogP contribution in [0.1, 0.15) is 36.5 Å². The predicted octanol–water partition coefficient (Wildman–Crippen LogP) is 2.50. The Balaban J connectivity index is 1.57. The highest BCUT2D eigenvalue weighted by Gasteiger charge is 2.34. The van der Waals surface area contributed by atoms with Crippen LogP contribution in [0.15, 0.2) is 22.8 Å². The average molecular weight is 361 g/mol. The molecule has 25 heavy (non-hydrogen) atoms. The van der Waals surface area contributed by atoms with E-state index in [-0.39, 0.29) is 29.9 Å². The van der Waals surface area contributed by atoms with Crippen molar-refractivity contribution < 1.29 is 17.6 Å². The first-order chi connectivity index (χ1) is 12.0. The molecule has 0 spiro atoms. The molecule has 1 aromatic carbocycles. The summed E-state index contributed by atoms with van der Waals surface area (Å²) >= 11 is 0. The molecule has 1 saturated heterocycles. The fourth-order valence-electron chi connectivity index (χ4n) is 4.21. The summed E-state index contributed by atoms with van der Waals surface area (Å²) in [5.74, 6) is 0.252. The largest absolute Gasteiger partial charge is 0.464 e. The van der Waals surface area contributed by atoms with E-state index >= 15 is 0 Å². The quantitative estimate of drug-likeness (QED) is 0.839. The van der Waals surface area contributed by atoms with E-state index in [0.29, 0.717) is 13.0 Å². The number of carbonyl (C=O) groups is 1. The minimum Gasteiger partial charge on any atom is -0.464 e. The number of nitrogens with zero attached hydrogens (tertiary/aromatic N) is 1. The van der Waals surface area contributed by atoms with E-state index in [4.69, 9.17) is 4.42 Å². The number of likely N-dealkylation sites (N-methyl/N-ethyl adjacent to an activating group) is 1. The number of hydrogen-bond acceptors (Lipinski definition) is 4. The average Bonchev–Trinajstić information content (AvgIpc) is 3.25. The summed E-state index contributed by atoms with van der Waals surface area (Å²) in [6.45, 7) is 2.44. The lowest BCUT2D eigenvalue weighted by Crippen LogP contribution is -2.41. The summed E-state index contributed by atoms with van der Waals surface area (Å²) in [6, 6.07) is 4.08. The first-order valence-corrected chi connectivity index (χ1v) is 10.8. The van der Waals surface area contributed by atoms with Gasteiger partial charge < -0.3 is 9.32 Å². The molecule has 2 heterocycles. The molecule has 0 bridgehead atoms. The van der Waals surface area contributed by atoms with Crippen LogP contribution < -0.4 is 0 Å². The van der Waals surface area contributed by atoms with E-state index in [1.54, 1.807) is 11.2 Å². The second-order valence-electron chi connectivity index (χ2n) is 7.14. The number of amides is 1. The molecule has 0 saturated carbocycles. The van der Waals surface area contributed by atoms with Crippen molar-refractivity contribution in [2.75, 3.05) is 18.1 Å². The third kappa shape index (κ3) is 3.08. The fourth-order valence-corrected chi connectivity index (χ4v) is 5.94. The lowest BCUT2D eigenvalue weighted by Gasteiger charge is -2.26. The zero-order chi connectivity index (χ0) is 17.6. The fraction of sp³-hybridized carbons (Fsp3) is 0.526. The molecular weight excluding hydrogens is 338 g/mol. The van der Waals surface area contributed by atoms with Crippen LogP contribution in [0, 0.1) is 0 Å². The number of benzene rings is 1. The van der Waals surface area contributed by atoms with Crippen LogP contribution in [-0.4, -0.2) is 43.3 Å². The van der Waals surface area contributed by atoms with Gasteiger partial charge in [-0.05, 0) is 55.9 Å². The molecule has 1 aliphatic carbocycles. The Morgan fingerprint density at radius 2 is 2.04 bits per heavy atom. The van der Waals surface area contributed by atoms with Crippen molar-refractivity contribution in [2.24, 2.45) is 0 Å². The summed E-state index contributed by atoms with van der Waals surface area (Å²) in [5.41, 5.74) is 4.45. The first kappa shape index (κ1) is 16.6. The Hall–Kier alpha value is -1.82. The van der Waals surface area contributed by atoms with Gasteiger partial charge in [0.1, 0.15) is 5.58 Å². The molecular formula is C19H23NO4S. The van der Waals surface area contributed by atoms with E-state index in [1.165, 1.54) is 17.5 Å². The summed E-state index contributed by atoms with van der Waals surface area (Å²) in [6.07, 6.45) is 5.84. The molecule has 2 aliphatic rings. The number of carbonyl (C=O) groups excluding carboxylic acids is 1. The zero-order valence-electron chi connectivity index (χ0n) is 14.5. The van der Waals surface area contributed by atoms with Gasteiger partial charge in [-0.1, -0.05) is 0 Å². The van der Waals surface area contributed by atoms with Gasteiger partial charge in [-0.3, -0.25) is 4.79 Å². The highest BCUT2D eigenvalue weighted by Crippen LogP contribution is 2.31. The standard InChI is InChI=1S/C19H23NO4S/c1-2-20(16-6-7-25(22,23)12-16)19(21)10-15-11-24-18-9-14-5-3-4-13(14)8-17(15)18/h8-9,11,16H,2-7,10,12H2,1H3/t16-/m1/s1. The topological polar surface area (TPSA) is 67.6 Å². The zero-order valence-corrected chi connectivity index (χ0v) is 15.3. The summed E-state index contributed by atoms with van der Waals surface area (Å²) in [4.78, 5) is 14.5. The van der Waals surface area contributed by atoms with Gasteiger partial charge in [-0.25, -0.2) is 8.42 Å². The number of aryl methyl sites for hydroxylation is 2. The van der Waals surface area contributed by atoms with Crippen LogP contribution in [0.5, 0.6) is 0 Å². The normalized spacial score (nSPS) is 21.6. The molecule has 0 radical (unpaired) electrons. The maximum absolute atomic E-state index is 12.8. The Bertz CT molecular complexity index is 928. The number of hydrogen-bond donors (Lipinski definition) is 0. The first-order valence-electron chi connectivity index (χ1n) is 8.98. The Kier molecular flexibility index (Phi) is 4.10. The monoisotopic (exact) mass is 361 g/mol. The van der Waals surface area contributed by atoms with E-state index < -0.39 is 9.84 Å². The van der Waals surface area contributed by atoms with Gasteiger partial charge in [-0.2, -0.15) is 0 Å². The van der Waals surface area contributed by atoms with E-state index in [1.807, 2.05) is 6.92 Å². The van der Waals surface area contributed by atoms with Crippen molar-refractivity contribution in [1.82, 2.24) is 4.90 Å². The maximum atomic E-state index is 12.8. The number of sulfone groups is 1. The van der Waals surface area contributed by atoms with Gasteiger partial charge in [0.05, 0.1) is 24.2 Å². The van der Waals surface area contributed by atoms with Crippen LogP contribution in [-0.2, 0) is 33.9 Å². The highest BCUT2D eigenvalue weighted by atomic mass is 32.2. The molecule has 1 aliphatic heterocycles. The third-order valence-corrected chi connectivity index (χ3v) is 7.27. The molecule has 1 fully saturated rings. The highest BCUT2D eigenvalue weighted by molar-refractivity contribution is 7.91. The second-order valence-corrected chi connectivity index (χ2v) is 9.37. The molecule has 1 atom stereocenters. The summed E-state index contributed by atoms with van der Waals surface area (Å²) in [7, 11) is -3.00. The van der Waals surface area contributed by atoms with Crippen molar-refractivity contribution in [1.29, 1.82) is 0 Å². The number of furan rings is 1. The Morgan fingerprint density at radius 1 is 1.28 bits per heavy atom. The van der Waals surface area contributed by atoms with Crippen LogP contribution in [0.3, 0.4) is 0 Å². The van der Waals surface area contributed by atoms with Crippen LogP contribution in [0.4, 0.5) is 0 Å². The molecule has 5 nitrogen and oxygen atoms in total. The van der Waals surface area contributed by atoms with Crippen molar-refractivity contribution in [2.45, 2.75) is 45.1 Å². The van der Waals surface area contributed by atoms with Crippen LogP contribution >= 0.6 is 0 Å². The van der Waals surface area contributed by atoms with Crippen molar-refractivity contribution >= 4 is 26.7 Å². The van der Waals surface area contributed by atoms with Crippen molar-refractivity contribution in [3.63, 3.8) is 0 Å². The second kappa shape index (κ2) is 6.16.